The van der Waals surface area contributed by atoms with Crippen molar-refractivity contribution >= 4 is 65.6 Å². The molecule has 0 aliphatic carbocycles. The number of hydrogen-bond acceptors (Lipinski definition) is 4. The van der Waals surface area contributed by atoms with E-state index >= 15 is 0 Å². The molecule has 4 heterocycles. The van der Waals surface area contributed by atoms with Crippen LogP contribution >= 0.6 is 0 Å². The second-order valence-electron chi connectivity index (χ2n) is 16.0. The molecule has 63 heavy (non-hydrogen) atoms. The number of rotatable bonds is 6. The fourth-order valence-electron chi connectivity index (χ4n) is 9.56. The lowest BCUT2D eigenvalue weighted by atomic mass is 10.0. The van der Waals surface area contributed by atoms with Gasteiger partial charge in [-0.3, -0.25) is 0 Å². The Bertz CT molecular complexity index is 3860. The minimum atomic E-state index is 0.572. The van der Waals surface area contributed by atoms with Crippen molar-refractivity contribution in [3.05, 3.63) is 212 Å². The Balaban J connectivity index is 1.07. The number of benzene rings is 9. The van der Waals surface area contributed by atoms with Crippen LogP contribution < -0.4 is 0 Å². The van der Waals surface area contributed by atoms with Crippen LogP contribution in [-0.2, 0) is 0 Å². The molecule has 294 valence electrons. The minimum Gasteiger partial charge on any atom is -0.456 e. The van der Waals surface area contributed by atoms with Crippen molar-refractivity contribution in [2.24, 2.45) is 0 Å². The molecule has 6 nitrogen and oxygen atoms in total. The van der Waals surface area contributed by atoms with Gasteiger partial charge in [0.1, 0.15) is 11.2 Å². The van der Waals surface area contributed by atoms with E-state index in [1.165, 1.54) is 32.6 Å². The van der Waals surface area contributed by atoms with Crippen LogP contribution in [0.2, 0.25) is 0 Å². The maximum atomic E-state index is 6.33. The molecule has 13 aromatic rings. The van der Waals surface area contributed by atoms with E-state index < -0.39 is 0 Å². The van der Waals surface area contributed by atoms with Gasteiger partial charge >= 0.3 is 0 Å². The van der Waals surface area contributed by atoms with Gasteiger partial charge in [-0.15, -0.1) is 0 Å². The van der Waals surface area contributed by atoms with Gasteiger partial charge in [-0.1, -0.05) is 158 Å². The molecule has 0 spiro atoms. The van der Waals surface area contributed by atoms with Gasteiger partial charge in [0.05, 0.1) is 33.4 Å². The Labute approximate surface area is 361 Å². The zero-order chi connectivity index (χ0) is 41.4. The van der Waals surface area contributed by atoms with E-state index in [-0.39, 0.29) is 0 Å². The van der Waals surface area contributed by atoms with E-state index in [9.17, 15) is 0 Å². The lowest BCUT2D eigenvalue weighted by Gasteiger charge is -2.17. The van der Waals surface area contributed by atoms with Crippen LogP contribution in [0, 0.1) is 0 Å². The largest absolute Gasteiger partial charge is 0.456 e. The molecule has 0 radical (unpaired) electrons. The fourth-order valence-corrected chi connectivity index (χ4v) is 9.56. The van der Waals surface area contributed by atoms with E-state index in [1.807, 2.05) is 54.6 Å². The SMILES string of the molecule is c1ccc(-c2nc(-c3ccc(-c4ccccc4)c(-n4c5ccccc5c5c(-n6c7ccccc7c7ccccc76)cccc54)c3)nc(-c3ccc4c(c3)oc3ccccc34)n2)cc1. The van der Waals surface area contributed by atoms with Crippen LogP contribution in [0.5, 0.6) is 0 Å². The van der Waals surface area contributed by atoms with Crippen molar-refractivity contribution in [2.75, 3.05) is 0 Å². The van der Waals surface area contributed by atoms with Gasteiger partial charge in [-0.25, -0.2) is 15.0 Å². The predicted octanol–water partition coefficient (Wildman–Crippen LogP) is 14.6. The lowest BCUT2D eigenvalue weighted by molar-refractivity contribution is 0.669. The summed E-state index contributed by atoms with van der Waals surface area (Å²) in [5.74, 6) is 1.75. The third-order valence-corrected chi connectivity index (χ3v) is 12.4. The first-order valence-electron chi connectivity index (χ1n) is 21.2. The molecule has 0 atom stereocenters. The summed E-state index contributed by atoms with van der Waals surface area (Å²) >= 11 is 0. The van der Waals surface area contributed by atoms with Crippen molar-refractivity contribution in [3.8, 4) is 56.7 Å². The Kier molecular flexibility index (Phi) is 7.80. The normalized spacial score (nSPS) is 11.8. The molecule has 4 aromatic heterocycles. The van der Waals surface area contributed by atoms with Crippen molar-refractivity contribution < 1.29 is 4.42 Å². The first-order chi connectivity index (χ1) is 31.2. The van der Waals surface area contributed by atoms with Crippen LogP contribution in [0.4, 0.5) is 0 Å². The smallest absolute Gasteiger partial charge is 0.164 e. The molecule has 6 heteroatoms. The molecule has 0 saturated carbocycles. The zero-order valence-electron chi connectivity index (χ0n) is 33.9. The number of furan rings is 1. The highest BCUT2D eigenvalue weighted by molar-refractivity contribution is 6.17. The number of aromatic nitrogens is 5. The van der Waals surface area contributed by atoms with Gasteiger partial charge < -0.3 is 13.6 Å². The van der Waals surface area contributed by atoms with Crippen molar-refractivity contribution in [3.63, 3.8) is 0 Å². The number of fused-ring (bicyclic) bond motifs is 9. The average Bonchev–Trinajstić information content (AvgIpc) is 4.02. The van der Waals surface area contributed by atoms with Crippen molar-refractivity contribution in [1.82, 2.24) is 24.1 Å². The number of nitrogens with zero attached hydrogens (tertiary/aromatic N) is 5. The van der Waals surface area contributed by atoms with Crippen molar-refractivity contribution in [1.29, 1.82) is 0 Å². The van der Waals surface area contributed by atoms with E-state index in [0.717, 1.165) is 72.2 Å². The van der Waals surface area contributed by atoms with Crippen LogP contribution in [0.3, 0.4) is 0 Å². The van der Waals surface area contributed by atoms with Crippen LogP contribution in [0.15, 0.2) is 217 Å². The topological polar surface area (TPSA) is 61.7 Å². The minimum absolute atomic E-state index is 0.572. The molecule has 9 aromatic carbocycles. The summed E-state index contributed by atoms with van der Waals surface area (Å²) in [6, 6.07) is 74.6. The molecule has 0 amide bonds. The summed E-state index contributed by atoms with van der Waals surface area (Å²) in [5, 5.41) is 6.95. The summed E-state index contributed by atoms with van der Waals surface area (Å²) in [7, 11) is 0. The first-order valence-corrected chi connectivity index (χ1v) is 21.2. The summed E-state index contributed by atoms with van der Waals surface area (Å²) in [6.07, 6.45) is 0. The van der Waals surface area contributed by atoms with E-state index in [1.54, 1.807) is 0 Å². The third-order valence-electron chi connectivity index (χ3n) is 12.4. The molecular weight excluding hydrogens is 771 g/mol. The highest BCUT2D eigenvalue weighted by Crippen LogP contribution is 2.42. The Hall–Kier alpha value is -8.61. The summed E-state index contributed by atoms with van der Waals surface area (Å²) < 4.78 is 11.2. The highest BCUT2D eigenvalue weighted by Gasteiger charge is 2.22. The Morgan fingerprint density at radius 1 is 0.302 bits per heavy atom. The molecule has 0 aliphatic heterocycles. The zero-order valence-corrected chi connectivity index (χ0v) is 33.9. The fraction of sp³-hybridized carbons (Fsp3) is 0. The molecule has 0 fully saturated rings. The average molecular weight is 806 g/mol. The van der Waals surface area contributed by atoms with E-state index in [2.05, 4.69) is 167 Å². The quantitative estimate of drug-likeness (QED) is 0.168. The summed E-state index contributed by atoms with van der Waals surface area (Å²) in [6.45, 7) is 0. The third kappa shape index (κ3) is 5.55. The highest BCUT2D eigenvalue weighted by atomic mass is 16.3. The van der Waals surface area contributed by atoms with E-state index in [0.29, 0.717) is 17.5 Å². The molecule has 0 saturated heterocycles. The summed E-state index contributed by atoms with van der Waals surface area (Å²) in [4.78, 5) is 15.5. The Morgan fingerprint density at radius 2 is 0.794 bits per heavy atom. The molecule has 0 unspecified atom stereocenters. The van der Waals surface area contributed by atoms with E-state index in [4.69, 9.17) is 19.4 Å². The second kappa shape index (κ2) is 14.0. The number of hydrogen-bond donors (Lipinski definition) is 0. The van der Waals surface area contributed by atoms with Gasteiger partial charge in [0.2, 0.25) is 0 Å². The summed E-state index contributed by atoms with van der Waals surface area (Å²) in [5.41, 5.74) is 13.2. The van der Waals surface area contributed by atoms with Gasteiger partial charge in [-0.05, 0) is 60.2 Å². The van der Waals surface area contributed by atoms with Gasteiger partial charge in [-0.2, -0.15) is 0 Å². The van der Waals surface area contributed by atoms with Crippen molar-refractivity contribution in [2.45, 2.75) is 0 Å². The molecule has 0 aliphatic rings. The first kappa shape index (κ1) is 35.2. The maximum Gasteiger partial charge on any atom is 0.164 e. The standard InChI is InChI=1S/C57H35N5O/c1-3-16-36(17-4-1)40-32-30-38(56-58-55(37-18-5-2-6-19-37)59-57(60-56)39-31-33-44-43-22-10-14-29-52(43)63-53(44)35-39)34-51(40)62-48-26-13-9-23-45(48)54-49(27-15-28-50(54)62)61-46-24-11-7-20-41(46)42-21-8-12-25-47(42)61/h1-35H. The Morgan fingerprint density at radius 3 is 1.49 bits per heavy atom. The number of para-hydroxylation sites is 4. The molecule has 0 N–H and O–H groups in total. The molecule has 0 bridgehead atoms. The lowest BCUT2D eigenvalue weighted by Crippen LogP contribution is -2.02. The molecular formula is C57H35N5O. The second-order valence-corrected chi connectivity index (χ2v) is 16.0. The monoisotopic (exact) mass is 805 g/mol. The van der Waals surface area contributed by atoms with Gasteiger partial charge in [0.15, 0.2) is 17.5 Å². The van der Waals surface area contributed by atoms with Gasteiger partial charge in [0, 0.05) is 54.6 Å². The van der Waals surface area contributed by atoms with Gasteiger partial charge in [0.25, 0.3) is 0 Å². The maximum absolute atomic E-state index is 6.33. The van der Waals surface area contributed by atoms with Crippen LogP contribution in [0.25, 0.3) is 122 Å². The molecule has 13 rings (SSSR count). The van der Waals surface area contributed by atoms with Crippen LogP contribution in [-0.4, -0.2) is 24.1 Å². The van der Waals surface area contributed by atoms with Crippen LogP contribution in [0.1, 0.15) is 0 Å². The predicted molar refractivity (Wildman–Crippen MR) is 258 cm³/mol.